The van der Waals surface area contributed by atoms with Crippen LogP contribution in [0.5, 0.6) is 0 Å². The van der Waals surface area contributed by atoms with Crippen molar-refractivity contribution in [3.8, 4) is 0 Å². The van der Waals surface area contributed by atoms with E-state index in [9.17, 15) is 0 Å². The van der Waals surface area contributed by atoms with Crippen LogP contribution in [0.1, 0.15) is 69.7 Å². The van der Waals surface area contributed by atoms with E-state index >= 15 is 0 Å². The fourth-order valence-electron chi connectivity index (χ4n) is 5.78. The topological polar surface area (TPSA) is 6.25 Å². The molecule has 0 N–H and O–H groups in total. The molecule has 0 amide bonds. The van der Waals surface area contributed by atoms with Crippen LogP contribution in [0.2, 0.25) is 0 Å². The van der Waals surface area contributed by atoms with Crippen LogP contribution in [0.4, 0.5) is 11.4 Å². The number of rotatable bonds is 7. The smallest absolute Gasteiger partial charge is 0.209 e. The molecular formula is C34H43N2+. The molecule has 0 aromatic heterocycles. The van der Waals surface area contributed by atoms with Crippen LogP contribution in [0, 0.1) is 13.8 Å². The molecule has 0 atom stereocenters. The molecule has 0 aliphatic carbocycles. The average Bonchev–Trinajstić information content (AvgIpc) is 3.15. The summed E-state index contributed by atoms with van der Waals surface area (Å²) in [4.78, 5) is 2.33. The van der Waals surface area contributed by atoms with Gasteiger partial charge in [-0.1, -0.05) is 86.9 Å². The van der Waals surface area contributed by atoms with Gasteiger partial charge < -0.3 is 4.90 Å². The minimum Gasteiger partial charge on any atom is -0.347 e. The Bertz CT molecular complexity index is 1290. The molecule has 0 spiro atoms. The van der Waals surface area contributed by atoms with Crippen molar-refractivity contribution in [3.05, 3.63) is 107 Å². The number of likely N-dealkylation sites (N-methyl/N-ethyl adjacent to an activating group) is 1. The Balaban J connectivity index is 1.51. The van der Waals surface area contributed by atoms with E-state index < -0.39 is 0 Å². The molecule has 0 fully saturated rings. The van der Waals surface area contributed by atoms with Gasteiger partial charge in [0.15, 0.2) is 5.71 Å². The maximum Gasteiger partial charge on any atom is 0.209 e. The molecule has 0 saturated heterocycles. The molecule has 0 bridgehead atoms. The van der Waals surface area contributed by atoms with Crippen molar-refractivity contribution < 1.29 is 4.58 Å². The minimum atomic E-state index is 0.00403. The van der Waals surface area contributed by atoms with Crippen LogP contribution >= 0.6 is 0 Å². The van der Waals surface area contributed by atoms with Crippen molar-refractivity contribution in [2.45, 2.75) is 72.1 Å². The monoisotopic (exact) mass is 479 g/mol. The van der Waals surface area contributed by atoms with Gasteiger partial charge in [0.05, 0.1) is 5.41 Å². The second-order valence-corrected chi connectivity index (χ2v) is 11.4. The largest absolute Gasteiger partial charge is 0.347 e. The molecule has 0 unspecified atom stereocenters. The van der Waals surface area contributed by atoms with Gasteiger partial charge in [0.1, 0.15) is 6.54 Å². The fourth-order valence-corrected chi connectivity index (χ4v) is 5.78. The summed E-state index contributed by atoms with van der Waals surface area (Å²) in [6.07, 6.45) is 17.7. The maximum atomic E-state index is 2.53. The number of anilines is 1. The quantitative estimate of drug-likeness (QED) is 0.285. The molecule has 2 heteroatoms. The van der Waals surface area contributed by atoms with E-state index in [2.05, 4.69) is 144 Å². The predicted molar refractivity (Wildman–Crippen MR) is 157 cm³/mol. The van der Waals surface area contributed by atoms with E-state index in [1.807, 2.05) is 0 Å². The third-order valence-corrected chi connectivity index (χ3v) is 7.92. The summed E-state index contributed by atoms with van der Waals surface area (Å²) in [5.41, 5.74) is 10.9. The highest BCUT2D eigenvalue weighted by Crippen LogP contribution is 2.47. The van der Waals surface area contributed by atoms with Crippen LogP contribution in [-0.2, 0) is 10.8 Å². The predicted octanol–water partition coefficient (Wildman–Crippen LogP) is 8.46. The number of benzene rings is 2. The lowest BCUT2D eigenvalue weighted by Gasteiger charge is -2.23. The van der Waals surface area contributed by atoms with E-state index in [0.717, 1.165) is 6.54 Å². The Morgan fingerprint density at radius 1 is 0.806 bits per heavy atom. The highest BCUT2D eigenvalue weighted by molar-refractivity contribution is 6.03. The summed E-state index contributed by atoms with van der Waals surface area (Å²) < 4.78 is 2.53. The molecule has 0 saturated carbocycles. The summed E-state index contributed by atoms with van der Waals surface area (Å²) >= 11 is 0. The van der Waals surface area contributed by atoms with Crippen LogP contribution in [0.3, 0.4) is 0 Å². The number of aryl methyl sites for hydroxylation is 2. The van der Waals surface area contributed by atoms with Gasteiger partial charge in [-0.15, -0.1) is 0 Å². The zero-order chi connectivity index (χ0) is 26.1. The Morgan fingerprint density at radius 3 is 2.17 bits per heavy atom. The standard InChI is InChI=1S/C34H43N2/c1-9-10-22-36-30-21-19-26(3)24-28(30)34(6,7)32(36)17-15-13-11-12-14-16-31-33(4,5)27-23-25(2)18-20-29(27)35(31)8/h11-21,23-24H,9-10,22H2,1-8H3/q+1. The first-order valence-corrected chi connectivity index (χ1v) is 13.4. The second kappa shape index (κ2) is 10.1. The Labute approximate surface area is 219 Å². The van der Waals surface area contributed by atoms with Gasteiger partial charge >= 0.3 is 0 Å². The van der Waals surface area contributed by atoms with Crippen LogP contribution in [0.15, 0.2) is 84.6 Å². The van der Waals surface area contributed by atoms with Crippen molar-refractivity contribution >= 4 is 17.1 Å². The number of hydrogen-bond acceptors (Lipinski definition) is 1. The van der Waals surface area contributed by atoms with E-state index in [0.29, 0.717) is 0 Å². The average molecular weight is 480 g/mol. The lowest BCUT2D eigenvalue weighted by molar-refractivity contribution is -0.438. The number of nitrogens with zero attached hydrogens (tertiary/aromatic N) is 2. The first kappa shape index (κ1) is 25.9. The molecular weight excluding hydrogens is 436 g/mol. The van der Waals surface area contributed by atoms with Crippen molar-refractivity contribution in [3.63, 3.8) is 0 Å². The molecule has 188 valence electrons. The summed E-state index contributed by atoms with van der Waals surface area (Å²) in [5, 5.41) is 0. The van der Waals surface area contributed by atoms with E-state index in [-0.39, 0.29) is 10.8 Å². The number of hydrogen-bond donors (Lipinski definition) is 0. The van der Waals surface area contributed by atoms with Gasteiger partial charge in [-0.3, -0.25) is 0 Å². The zero-order valence-corrected chi connectivity index (χ0v) is 23.5. The van der Waals surface area contributed by atoms with Gasteiger partial charge in [-0.25, -0.2) is 0 Å². The molecule has 2 aromatic carbocycles. The van der Waals surface area contributed by atoms with Crippen LogP contribution < -0.4 is 4.90 Å². The Kier molecular flexibility index (Phi) is 7.27. The summed E-state index contributed by atoms with van der Waals surface area (Å²) in [6, 6.07) is 13.7. The van der Waals surface area contributed by atoms with Crippen LogP contribution in [-0.4, -0.2) is 23.9 Å². The SMILES string of the molecule is CCCC[N+]1=C(/C=C/C=C/C=C/C=C2/N(C)c3ccc(C)cc3C2(C)C)C(C)(C)c2cc(C)ccc21. The van der Waals surface area contributed by atoms with E-state index in [4.69, 9.17) is 0 Å². The molecule has 36 heavy (non-hydrogen) atoms. The highest BCUT2D eigenvalue weighted by atomic mass is 15.2. The van der Waals surface area contributed by atoms with Gasteiger partial charge in [-0.05, 0) is 51.5 Å². The first-order valence-electron chi connectivity index (χ1n) is 13.4. The second-order valence-electron chi connectivity index (χ2n) is 11.4. The molecule has 2 aromatic rings. The molecule has 2 aliphatic heterocycles. The van der Waals surface area contributed by atoms with Gasteiger partial charge in [0.2, 0.25) is 5.69 Å². The summed E-state index contributed by atoms with van der Waals surface area (Å²) in [5.74, 6) is 0. The third-order valence-electron chi connectivity index (χ3n) is 7.92. The van der Waals surface area contributed by atoms with Crippen molar-refractivity contribution in [1.82, 2.24) is 0 Å². The third kappa shape index (κ3) is 4.66. The molecule has 0 radical (unpaired) electrons. The Morgan fingerprint density at radius 2 is 1.44 bits per heavy atom. The molecule has 4 rings (SSSR count). The number of allylic oxidation sites excluding steroid dienone is 8. The van der Waals surface area contributed by atoms with Gasteiger partial charge in [0, 0.05) is 48.0 Å². The lowest BCUT2D eigenvalue weighted by Crippen LogP contribution is -2.27. The Hall–Kier alpha value is -3.13. The van der Waals surface area contributed by atoms with Crippen LogP contribution in [0.25, 0.3) is 0 Å². The van der Waals surface area contributed by atoms with Crippen molar-refractivity contribution in [2.24, 2.45) is 0 Å². The number of fused-ring (bicyclic) bond motifs is 2. The number of unbranched alkanes of at least 4 members (excludes halogenated alkanes) is 1. The highest BCUT2D eigenvalue weighted by Gasteiger charge is 2.44. The first-order chi connectivity index (χ1) is 17.1. The minimum absolute atomic E-state index is 0.00403. The molecule has 2 aliphatic rings. The molecule has 2 heterocycles. The van der Waals surface area contributed by atoms with E-state index in [1.165, 1.54) is 57.9 Å². The fraction of sp³-hybridized carbons (Fsp3) is 0.382. The zero-order valence-electron chi connectivity index (χ0n) is 23.5. The van der Waals surface area contributed by atoms with E-state index in [1.54, 1.807) is 0 Å². The normalized spacial score (nSPS) is 19.4. The lowest BCUT2D eigenvalue weighted by atomic mass is 9.81. The van der Waals surface area contributed by atoms with Gasteiger partial charge in [0.25, 0.3) is 0 Å². The van der Waals surface area contributed by atoms with Gasteiger partial charge in [-0.2, -0.15) is 4.58 Å². The summed E-state index contributed by atoms with van der Waals surface area (Å²) in [7, 11) is 2.17. The molecule has 2 nitrogen and oxygen atoms in total. The van der Waals surface area contributed by atoms with Crippen molar-refractivity contribution in [2.75, 3.05) is 18.5 Å². The summed E-state index contributed by atoms with van der Waals surface area (Å²) in [6.45, 7) is 17.0. The van der Waals surface area contributed by atoms with Crippen molar-refractivity contribution in [1.29, 1.82) is 0 Å². The maximum absolute atomic E-state index is 2.53.